The monoisotopic (exact) mass is 316 g/mol. The summed E-state index contributed by atoms with van der Waals surface area (Å²) in [5.41, 5.74) is -0.862. The van der Waals surface area contributed by atoms with E-state index in [1.807, 2.05) is 0 Å². The van der Waals surface area contributed by atoms with Gasteiger partial charge in [0, 0.05) is 12.1 Å². The highest BCUT2D eigenvalue weighted by Crippen LogP contribution is 2.33. The van der Waals surface area contributed by atoms with Crippen molar-refractivity contribution in [3.63, 3.8) is 0 Å². The molecule has 0 amide bonds. The summed E-state index contributed by atoms with van der Waals surface area (Å²) >= 11 is 0. The fraction of sp³-hybridized carbons (Fsp3) is 0.125. The predicted octanol–water partition coefficient (Wildman–Crippen LogP) is 2.37. The quantitative estimate of drug-likeness (QED) is 0.714. The van der Waals surface area contributed by atoms with E-state index < -0.39 is 22.7 Å². The van der Waals surface area contributed by atoms with Crippen molar-refractivity contribution in [1.29, 1.82) is 0 Å². The summed E-state index contributed by atoms with van der Waals surface area (Å²) in [7, 11) is 2.83. The van der Waals surface area contributed by atoms with E-state index in [0.717, 1.165) is 6.07 Å². The second-order valence-corrected chi connectivity index (χ2v) is 4.77. The van der Waals surface area contributed by atoms with E-state index in [0.29, 0.717) is 5.75 Å². The van der Waals surface area contributed by atoms with E-state index in [1.54, 1.807) is 0 Å². The molecule has 0 bridgehead atoms. The number of carbonyl (C=O) groups is 1. The molecule has 7 heteroatoms. The molecule has 0 spiro atoms. The fourth-order valence-electron chi connectivity index (χ4n) is 2.49. The number of benzene rings is 2. The Bertz CT molecular complexity index is 1000. The topological polar surface area (TPSA) is 106 Å². The molecule has 0 aliphatic rings. The first kappa shape index (κ1) is 14.7. The highest BCUT2D eigenvalue weighted by atomic mass is 16.5. The Balaban J connectivity index is 2.59. The Morgan fingerprint density at radius 3 is 2.43 bits per heavy atom. The molecule has 0 fully saturated rings. The number of hydrogen-bond acceptors (Lipinski definition) is 6. The Hall–Kier alpha value is -3.22. The molecule has 3 rings (SSSR count). The van der Waals surface area contributed by atoms with Gasteiger partial charge in [0.1, 0.15) is 39.4 Å². The lowest BCUT2D eigenvalue weighted by molar-refractivity contribution is 0.0696. The van der Waals surface area contributed by atoms with Crippen LogP contribution in [-0.2, 0) is 0 Å². The van der Waals surface area contributed by atoms with Crippen molar-refractivity contribution in [2.24, 2.45) is 0 Å². The number of methoxy groups -OCH3 is 2. The molecular formula is C16H12O7. The zero-order valence-electron chi connectivity index (χ0n) is 12.2. The van der Waals surface area contributed by atoms with Gasteiger partial charge in [-0.3, -0.25) is 4.79 Å². The van der Waals surface area contributed by atoms with Crippen molar-refractivity contribution in [3.8, 4) is 17.2 Å². The van der Waals surface area contributed by atoms with Gasteiger partial charge in [-0.1, -0.05) is 0 Å². The van der Waals surface area contributed by atoms with E-state index in [9.17, 15) is 19.8 Å². The van der Waals surface area contributed by atoms with Crippen LogP contribution in [0.25, 0.3) is 21.9 Å². The number of phenols is 1. The average molecular weight is 316 g/mol. The van der Waals surface area contributed by atoms with Crippen molar-refractivity contribution < 1.29 is 28.9 Å². The summed E-state index contributed by atoms with van der Waals surface area (Å²) in [4.78, 5) is 24.2. The highest BCUT2D eigenvalue weighted by Gasteiger charge is 2.22. The minimum absolute atomic E-state index is 0.0491. The number of aromatic carboxylic acids is 1. The smallest absolute Gasteiger partial charge is 0.340 e. The standard InChI is InChI=1S/C16H12O7/c1-21-7-5-10(22-2)13-11(6-7)23-9-4-3-8(17)12(16(19)20)14(9)15(13)18/h3-6,17H,1-2H3,(H,19,20). The Kier molecular flexibility index (Phi) is 3.33. The molecule has 3 aromatic rings. The van der Waals surface area contributed by atoms with Gasteiger partial charge in [0.25, 0.3) is 0 Å². The van der Waals surface area contributed by atoms with Crippen LogP contribution in [0.1, 0.15) is 10.4 Å². The molecule has 0 aliphatic carbocycles. The summed E-state index contributed by atoms with van der Waals surface area (Å²) in [6, 6.07) is 5.50. The Morgan fingerprint density at radius 2 is 1.83 bits per heavy atom. The van der Waals surface area contributed by atoms with Crippen LogP contribution in [0.5, 0.6) is 17.2 Å². The van der Waals surface area contributed by atoms with Crippen molar-refractivity contribution in [1.82, 2.24) is 0 Å². The van der Waals surface area contributed by atoms with Crippen LogP contribution in [-0.4, -0.2) is 30.4 Å². The second kappa shape index (κ2) is 5.20. The number of aromatic hydroxyl groups is 1. The van der Waals surface area contributed by atoms with Crippen LogP contribution >= 0.6 is 0 Å². The van der Waals surface area contributed by atoms with Crippen LogP contribution in [0, 0.1) is 0 Å². The molecule has 0 aliphatic heterocycles. The number of ether oxygens (including phenoxy) is 2. The van der Waals surface area contributed by atoms with Crippen molar-refractivity contribution in [2.45, 2.75) is 0 Å². The van der Waals surface area contributed by atoms with Gasteiger partial charge in [-0.15, -0.1) is 0 Å². The van der Waals surface area contributed by atoms with Gasteiger partial charge in [-0.05, 0) is 12.1 Å². The number of carboxylic acids is 1. The van der Waals surface area contributed by atoms with Gasteiger partial charge in [-0.25, -0.2) is 4.79 Å². The van der Waals surface area contributed by atoms with Gasteiger partial charge in [0.05, 0.1) is 19.6 Å². The molecule has 23 heavy (non-hydrogen) atoms. The van der Waals surface area contributed by atoms with E-state index >= 15 is 0 Å². The van der Waals surface area contributed by atoms with Crippen molar-refractivity contribution in [2.75, 3.05) is 14.2 Å². The van der Waals surface area contributed by atoms with Gasteiger partial charge >= 0.3 is 5.97 Å². The van der Waals surface area contributed by atoms with E-state index in [4.69, 9.17) is 13.9 Å². The summed E-state index contributed by atoms with van der Waals surface area (Å²) in [6.45, 7) is 0. The van der Waals surface area contributed by atoms with Gasteiger partial charge in [-0.2, -0.15) is 0 Å². The molecule has 2 aromatic carbocycles. The lowest BCUT2D eigenvalue weighted by atomic mass is 10.0. The lowest BCUT2D eigenvalue weighted by Gasteiger charge is -2.10. The number of carboxylic acid groups (broad SMARTS) is 1. The Labute approximate surface area is 129 Å². The number of hydrogen-bond donors (Lipinski definition) is 2. The maximum Gasteiger partial charge on any atom is 0.340 e. The molecular weight excluding hydrogens is 304 g/mol. The molecule has 7 nitrogen and oxygen atoms in total. The number of fused-ring (bicyclic) bond motifs is 2. The SMILES string of the molecule is COc1cc(OC)c2c(=O)c3c(C(=O)O)c(O)ccc3oc2c1. The zero-order chi connectivity index (χ0) is 16.7. The lowest BCUT2D eigenvalue weighted by Crippen LogP contribution is -2.10. The Morgan fingerprint density at radius 1 is 1.09 bits per heavy atom. The molecule has 0 radical (unpaired) electrons. The summed E-state index contributed by atoms with van der Waals surface area (Å²) < 4.78 is 15.9. The molecule has 0 saturated carbocycles. The third kappa shape index (κ3) is 2.13. The highest BCUT2D eigenvalue weighted by molar-refractivity contribution is 6.07. The fourth-order valence-corrected chi connectivity index (χ4v) is 2.49. The molecule has 1 aromatic heterocycles. The zero-order valence-corrected chi connectivity index (χ0v) is 12.2. The maximum absolute atomic E-state index is 12.8. The third-order valence-electron chi connectivity index (χ3n) is 3.53. The van der Waals surface area contributed by atoms with E-state index in [-0.39, 0.29) is 27.7 Å². The van der Waals surface area contributed by atoms with Gasteiger partial charge in [0.15, 0.2) is 0 Å². The van der Waals surface area contributed by atoms with Crippen LogP contribution < -0.4 is 14.9 Å². The molecule has 0 unspecified atom stereocenters. The van der Waals surface area contributed by atoms with Gasteiger partial charge in [0.2, 0.25) is 5.43 Å². The van der Waals surface area contributed by atoms with Crippen molar-refractivity contribution in [3.05, 3.63) is 40.1 Å². The van der Waals surface area contributed by atoms with Gasteiger partial charge < -0.3 is 24.1 Å². The summed E-state index contributed by atoms with van der Waals surface area (Å²) in [5, 5.41) is 18.9. The first-order valence-corrected chi connectivity index (χ1v) is 6.55. The van der Waals surface area contributed by atoms with Crippen LogP contribution in [0.2, 0.25) is 0 Å². The minimum atomic E-state index is -1.42. The molecule has 1 heterocycles. The molecule has 0 atom stereocenters. The third-order valence-corrected chi connectivity index (χ3v) is 3.53. The molecule has 2 N–H and O–H groups in total. The summed E-state index contributed by atoms with van der Waals surface area (Å²) in [5.74, 6) is -1.32. The molecule has 0 saturated heterocycles. The first-order chi connectivity index (χ1) is 11.0. The molecule has 118 valence electrons. The van der Waals surface area contributed by atoms with Crippen molar-refractivity contribution >= 4 is 27.9 Å². The first-order valence-electron chi connectivity index (χ1n) is 6.55. The number of rotatable bonds is 3. The predicted molar refractivity (Wildman–Crippen MR) is 81.7 cm³/mol. The van der Waals surface area contributed by atoms with Crippen LogP contribution in [0.15, 0.2) is 33.5 Å². The van der Waals surface area contributed by atoms with E-state index in [2.05, 4.69) is 0 Å². The normalized spacial score (nSPS) is 10.9. The average Bonchev–Trinajstić information content (AvgIpc) is 2.53. The largest absolute Gasteiger partial charge is 0.507 e. The summed E-state index contributed by atoms with van der Waals surface area (Å²) in [6.07, 6.45) is 0. The van der Waals surface area contributed by atoms with E-state index in [1.165, 1.54) is 32.4 Å². The second-order valence-electron chi connectivity index (χ2n) is 4.77. The minimum Gasteiger partial charge on any atom is -0.507 e. The van der Waals surface area contributed by atoms with Crippen LogP contribution in [0.3, 0.4) is 0 Å². The van der Waals surface area contributed by atoms with Crippen LogP contribution in [0.4, 0.5) is 0 Å². The maximum atomic E-state index is 12.8.